The van der Waals surface area contributed by atoms with Crippen molar-refractivity contribution in [2.75, 3.05) is 31.1 Å². The van der Waals surface area contributed by atoms with Crippen molar-refractivity contribution in [2.24, 2.45) is 0 Å². The van der Waals surface area contributed by atoms with Gasteiger partial charge in [-0.05, 0) is 36.6 Å². The Kier molecular flexibility index (Phi) is 5.31. The molecule has 1 amide bonds. The van der Waals surface area contributed by atoms with Gasteiger partial charge in [-0.3, -0.25) is 4.79 Å². The van der Waals surface area contributed by atoms with Gasteiger partial charge in [0.05, 0.1) is 18.8 Å². The lowest BCUT2D eigenvalue weighted by Crippen LogP contribution is -2.41. The Bertz CT molecular complexity index is 691. The van der Waals surface area contributed by atoms with E-state index in [1.807, 2.05) is 41.3 Å². The van der Waals surface area contributed by atoms with Crippen molar-refractivity contribution >= 4 is 11.6 Å². The van der Waals surface area contributed by atoms with Gasteiger partial charge in [0.25, 0.3) is 0 Å². The van der Waals surface area contributed by atoms with Gasteiger partial charge in [-0.1, -0.05) is 30.3 Å². The van der Waals surface area contributed by atoms with Crippen LogP contribution in [0.1, 0.15) is 12.0 Å². The SMILES string of the molecule is O=C(CN1CCCc2cccc(F)c21)NCCOc1ccccc1. The summed E-state index contributed by atoms with van der Waals surface area (Å²) in [6.45, 7) is 1.69. The first kappa shape index (κ1) is 16.3. The van der Waals surface area contributed by atoms with Crippen LogP contribution >= 0.6 is 0 Å². The predicted molar refractivity (Wildman–Crippen MR) is 91.9 cm³/mol. The molecule has 0 radical (unpaired) electrons. The minimum absolute atomic E-state index is 0.122. The predicted octanol–water partition coefficient (Wildman–Crippen LogP) is 2.77. The monoisotopic (exact) mass is 328 g/mol. The van der Waals surface area contributed by atoms with E-state index in [0.29, 0.717) is 25.4 Å². The van der Waals surface area contributed by atoms with E-state index >= 15 is 0 Å². The summed E-state index contributed by atoms with van der Waals surface area (Å²) in [6.07, 6.45) is 1.79. The van der Waals surface area contributed by atoms with Gasteiger partial charge in [-0.2, -0.15) is 0 Å². The Morgan fingerprint density at radius 3 is 2.83 bits per heavy atom. The van der Waals surface area contributed by atoms with Gasteiger partial charge in [-0.25, -0.2) is 4.39 Å². The summed E-state index contributed by atoms with van der Waals surface area (Å²) in [7, 11) is 0. The quantitative estimate of drug-likeness (QED) is 0.829. The number of benzene rings is 2. The third-order valence-corrected chi connectivity index (χ3v) is 4.03. The van der Waals surface area contributed by atoms with E-state index < -0.39 is 0 Å². The highest BCUT2D eigenvalue weighted by Gasteiger charge is 2.22. The summed E-state index contributed by atoms with van der Waals surface area (Å²) >= 11 is 0. The molecular weight excluding hydrogens is 307 g/mol. The largest absolute Gasteiger partial charge is 0.492 e. The number of fused-ring (bicyclic) bond motifs is 1. The first-order valence-corrected chi connectivity index (χ1v) is 8.21. The molecule has 3 rings (SSSR count). The number of amides is 1. The molecule has 0 saturated heterocycles. The van der Waals surface area contributed by atoms with Crippen LogP contribution in [0, 0.1) is 5.82 Å². The standard InChI is InChI=1S/C19H21FN2O2/c20-17-10-4-6-15-7-5-12-22(19(15)17)14-18(23)21-11-13-24-16-8-2-1-3-9-16/h1-4,6,8-10H,5,7,11-14H2,(H,21,23). The van der Waals surface area contributed by atoms with E-state index in [9.17, 15) is 9.18 Å². The van der Waals surface area contributed by atoms with Crippen molar-refractivity contribution in [2.45, 2.75) is 12.8 Å². The minimum atomic E-state index is -0.257. The second-order valence-corrected chi connectivity index (χ2v) is 5.78. The summed E-state index contributed by atoms with van der Waals surface area (Å²) in [5.74, 6) is 0.397. The number of hydrogen-bond acceptors (Lipinski definition) is 3. The number of hydrogen-bond donors (Lipinski definition) is 1. The molecule has 2 aromatic carbocycles. The van der Waals surface area contributed by atoms with Crippen LogP contribution in [0.5, 0.6) is 5.75 Å². The molecule has 0 fully saturated rings. The van der Waals surface area contributed by atoms with Gasteiger partial charge in [0.15, 0.2) is 0 Å². The summed E-state index contributed by atoms with van der Waals surface area (Å²) in [4.78, 5) is 13.9. The van der Waals surface area contributed by atoms with Gasteiger partial charge < -0.3 is 15.0 Å². The third-order valence-electron chi connectivity index (χ3n) is 4.03. The van der Waals surface area contributed by atoms with Crippen molar-refractivity contribution in [3.05, 3.63) is 59.9 Å². The molecule has 1 heterocycles. The van der Waals surface area contributed by atoms with Crippen LogP contribution < -0.4 is 15.0 Å². The molecule has 24 heavy (non-hydrogen) atoms. The van der Waals surface area contributed by atoms with Crippen LogP contribution in [0.25, 0.3) is 0 Å². The molecule has 0 aliphatic carbocycles. The number of halogens is 1. The Morgan fingerprint density at radius 2 is 2.00 bits per heavy atom. The Morgan fingerprint density at radius 1 is 1.17 bits per heavy atom. The highest BCUT2D eigenvalue weighted by molar-refractivity contribution is 5.82. The van der Waals surface area contributed by atoms with Gasteiger partial charge in [0.1, 0.15) is 18.2 Å². The van der Waals surface area contributed by atoms with Crippen LogP contribution in [0.2, 0.25) is 0 Å². The second-order valence-electron chi connectivity index (χ2n) is 5.78. The van der Waals surface area contributed by atoms with Gasteiger partial charge in [0.2, 0.25) is 5.91 Å². The molecule has 1 aliphatic rings. The van der Waals surface area contributed by atoms with E-state index in [4.69, 9.17) is 4.74 Å². The van der Waals surface area contributed by atoms with Crippen LogP contribution in [0.4, 0.5) is 10.1 Å². The fourth-order valence-corrected chi connectivity index (χ4v) is 2.95. The number of carbonyl (C=O) groups is 1. The van der Waals surface area contributed by atoms with E-state index in [-0.39, 0.29) is 18.3 Å². The van der Waals surface area contributed by atoms with Gasteiger partial charge >= 0.3 is 0 Å². The Hall–Kier alpha value is -2.56. The summed E-state index contributed by atoms with van der Waals surface area (Å²) in [6, 6.07) is 14.6. The highest BCUT2D eigenvalue weighted by Crippen LogP contribution is 2.29. The number of anilines is 1. The van der Waals surface area contributed by atoms with Crippen molar-refractivity contribution in [1.29, 1.82) is 0 Å². The number of aryl methyl sites for hydroxylation is 1. The van der Waals surface area contributed by atoms with Crippen molar-refractivity contribution in [3.63, 3.8) is 0 Å². The molecule has 1 N–H and O–H groups in total. The summed E-state index contributed by atoms with van der Waals surface area (Å²) in [5.41, 5.74) is 1.54. The molecular formula is C19H21FN2O2. The molecule has 0 spiro atoms. The molecule has 1 aliphatic heterocycles. The topological polar surface area (TPSA) is 41.6 Å². The first-order chi connectivity index (χ1) is 11.7. The average Bonchev–Trinajstić information content (AvgIpc) is 2.60. The maximum atomic E-state index is 14.1. The zero-order chi connectivity index (χ0) is 16.8. The molecule has 5 heteroatoms. The van der Waals surface area contributed by atoms with Crippen LogP contribution in [-0.2, 0) is 11.2 Å². The van der Waals surface area contributed by atoms with Crippen molar-refractivity contribution in [1.82, 2.24) is 5.32 Å². The van der Waals surface area contributed by atoms with E-state index in [0.717, 1.165) is 24.2 Å². The number of nitrogens with one attached hydrogen (secondary N) is 1. The molecule has 126 valence electrons. The second kappa shape index (κ2) is 7.81. The van der Waals surface area contributed by atoms with Crippen LogP contribution in [-0.4, -0.2) is 32.1 Å². The van der Waals surface area contributed by atoms with Crippen molar-refractivity contribution < 1.29 is 13.9 Å². The molecule has 0 atom stereocenters. The van der Waals surface area contributed by atoms with E-state index in [1.54, 1.807) is 6.07 Å². The zero-order valence-electron chi connectivity index (χ0n) is 13.5. The van der Waals surface area contributed by atoms with E-state index in [1.165, 1.54) is 6.07 Å². The summed E-state index contributed by atoms with van der Waals surface area (Å²) < 4.78 is 19.6. The number of rotatable bonds is 6. The first-order valence-electron chi connectivity index (χ1n) is 8.21. The Balaban J connectivity index is 1.48. The van der Waals surface area contributed by atoms with Crippen LogP contribution in [0.15, 0.2) is 48.5 Å². The molecule has 0 saturated carbocycles. The number of carbonyl (C=O) groups excluding carboxylic acids is 1. The highest BCUT2D eigenvalue weighted by atomic mass is 19.1. The molecule has 0 aromatic heterocycles. The molecule has 4 nitrogen and oxygen atoms in total. The number of nitrogens with zero attached hydrogens (tertiary/aromatic N) is 1. The lowest BCUT2D eigenvalue weighted by atomic mass is 10.0. The lowest BCUT2D eigenvalue weighted by molar-refractivity contribution is -0.119. The number of para-hydroxylation sites is 2. The molecule has 0 unspecified atom stereocenters. The number of ether oxygens (including phenoxy) is 1. The minimum Gasteiger partial charge on any atom is -0.492 e. The van der Waals surface area contributed by atoms with Gasteiger partial charge in [0, 0.05) is 6.54 Å². The normalized spacial score (nSPS) is 13.3. The summed E-state index contributed by atoms with van der Waals surface area (Å²) in [5, 5.41) is 2.82. The third kappa shape index (κ3) is 4.04. The average molecular weight is 328 g/mol. The van der Waals surface area contributed by atoms with Crippen LogP contribution in [0.3, 0.4) is 0 Å². The molecule has 2 aromatic rings. The van der Waals surface area contributed by atoms with Crippen molar-refractivity contribution in [3.8, 4) is 5.75 Å². The Labute approximate surface area is 141 Å². The maximum Gasteiger partial charge on any atom is 0.239 e. The zero-order valence-corrected chi connectivity index (χ0v) is 13.5. The lowest BCUT2D eigenvalue weighted by Gasteiger charge is -2.31. The van der Waals surface area contributed by atoms with E-state index in [2.05, 4.69) is 5.32 Å². The maximum absolute atomic E-state index is 14.1. The van der Waals surface area contributed by atoms with Gasteiger partial charge in [-0.15, -0.1) is 0 Å². The fraction of sp³-hybridized carbons (Fsp3) is 0.316. The smallest absolute Gasteiger partial charge is 0.239 e. The fourth-order valence-electron chi connectivity index (χ4n) is 2.95. The molecule has 0 bridgehead atoms.